The first-order valence-corrected chi connectivity index (χ1v) is 9.99. The highest BCUT2D eigenvalue weighted by Gasteiger charge is 2.22. The van der Waals surface area contributed by atoms with Crippen LogP contribution in [0.4, 0.5) is 5.13 Å². The molecule has 3 aromatic rings. The predicted molar refractivity (Wildman–Crippen MR) is 103 cm³/mol. The monoisotopic (exact) mass is 369 g/mol. The predicted octanol–water partition coefficient (Wildman–Crippen LogP) is 4.32. The SMILES string of the molecule is Cc1ccccc1CN1CCc2nc(NC(=O)c3cccs3)sc2C1. The highest BCUT2D eigenvalue weighted by Crippen LogP contribution is 2.29. The molecule has 0 aliphatic carbocycles. The molecule has 25 heavy (non-hydrogen) atoms. The van der Waals surface area contributed by atoms with Crippen LogP contribution in [0.25, 0.3) is 0 Å². The Morgan fingerprint density at radius 1 is 1.28 bits per heavy atom. The van der Waals surface area contributed by atoms with Gasteiger partial charge in [-0.05, 0) is 29.5 Å². The summed E-state index contributed by atoms with van der Waals surface area (Å²) in [5.41, 5.74) is 3.84. The summed E-state index contributed by atoms with van der Waals surface area (Å²) in [5.74, 6) is -0.0714. The van der Waals surface area contributed by atoms with Crippen LogP contribution in [0.2, 0.25) is 0 Å². The molecule has 1 aliphatic rings. The lowest BCUT2D eigenvalue weighted by Gasteiger charge is -2.26. The zero-order valence-electron chi connectivity index (χ0n) is 14.0. The number of hydrogen-bond donors (Lipinski definition) is 1. The Morgan fingerprint density at radius 3 is 2.96 bits per heavy atom. The van der Waals surface area contributed by atoms with Gasteiger partial charge in [0.2, 0.25) is 0 Å². The number of nitrogens with zero attached hydrogens (tertiary/aromatic N) is 2. The summed E-state index contributed by atoms with van der Waals surface area (Å²) >= 11 is 3.04. The highest BCUT2D eigenvalue weighted by atomic mass is 32.1. The maximum atomic E-state index is 12.2. The summed E-state index contributed by atoms with van der Waals surface area (Å²) in [6.45, 7) is 5.02. The number of thiazole rings is 1. The first-order chi connectivity index (χ1) is 12.2. The summed E-state index contributed by atoms with van der Waals surface area (Å²) in [4.78, 5) is 21.2. The second kappa shape index (κ2) is 7.07. The summed E-state index contributed by atoms with van der Waals surface area (Å²) in [6.07, 6.45) is 0.937. The smallest absolute Gasteiger partial charge is 0.267 e. The Kier molecular flexibility index (Phi) is 4.65. The number of rotatable bonds is 4. The van der Waals surface area contributed by atoms with E-state index in [0.717, 1.165) is 31.7 Å². The Morgan fingerprint density at radius 2 is 2.16 bits per heavy atom. The highest BCUT2D eigenvalue weighted by molar-refractivity contribution is 7.16. The van der Waals surface area contributed by atoms with Crippen LogP contribution in [0.1, 0.15) is 31.4 Å². The van der Waals surface area contributed by atoms with Crippen LogP contribution in [-0.2, 0) is 19.5 Å². The second-order valence-electron chi connectivity index (χ2n) is 6.21. The molecular formula is C19H19N3OS2. The van der Waals surface area contributed by atoms with E-state index in [1.807, 2.05) is 17.5 Å². The van der Waals surface area contributed by atoms with E-state index in [-0.39, 0.29) is 5.91 Å². The van der Waals surface area contributed by atoms with E-state index in [2.05, 4.69) is 46.4 Å². The van der Waals surface area contributed by atoms with Gasteiger partial charge in [-0.25, -0.2) is 4.98 Å². The minimum Gasteiger partial charge on any atom is -0.297 e. The molecule has 0 saturated heterocycles. The number of benzene rings is 1. The van der Waals surface area contributed by atoms with Crippen LogP contribution < -0.4 is 5.32 Å². The van der Waals surface area contributed by atoms with E-state index >= 15 is 0 Å². The number of aromatic nitrogens is 1. The number of amides is 1. The molecule has 1 amide bonds. The van der Waals surface area contributed by atoms with Gasteiger partial charge < -0.3 is 0 Å². The van der Waals surface area contributed by atoms with Crippen LogP contribution in [0.3, 0.4) is 0 Å². The van der Waals surface area contributed by atoms with Crippen molar-refractivity contribution >= 4 is 33.7 Å². The van der Waals surface area contributed by atoms with Crippen LogP contribution in [0.15, 0.2) is 41.8 Å². The molecule has 0 spiro atoms. The van der Waals surface area contributed by atoms with Crippen molar-refractivity contribution in [3.63, 3.8) is 0 Å². The zero-order valence-corrected chi connectivity index (χ0v) is 15.6. The molecule has 4 rings (SSSR count). The van der Waals surface area contributed by atoms with Gasteiger partial charge in [-0.15, -0.1) is 22.7 Å². The molecule has 0 saturated carbocycles. The van der Waals surface area contributed by atoms with Gasteiger partial charge >= 0.3 is 0 Å². The van der Waals surface area contributed by atoms with E-state index in [4.69, 9.17) is 0 Å². The van der Waals surface area contributed by atoms with Crippen LogP contribution in [0.5, 0.6) is 0 Å². The number of nitrogens with one attached hydrogen (secondary N) is 1. The molecule has 0 unspecified atom stereocenters. The van der Waals surface area contributed by atoms with Crippen molar-refractivity contribution in [3.8, 4) is 0 Å². The van der Waals surface area contributed by atoms with Crippen LogP contribution >= 0.6 is 22.7 Å². The molecule has 128 valence electrons. The van der Waals surface area contributed by atoms with Gasteiger partial charge in [0.1, 0.15) is 0 Å². The summed E-state index contributed by atoms with van der Waals surface area (Å²) < 4.78 is 0. The molecule has 1 aromatic carbocycles. The fourth-order valence-corrected chi connectivity index (χ4v) is 4.70. The number of hydrogen-bond acceptors (Lipinski definition) is 5. The summed E-state index contributed by atoms with van der Waals surface area (Å²) in [5, 5.41) is 5.55. The van der Waals surface area contributed by atoms with Crippen LogP contribution in [0, 0.1) is 6.92 Å². The summed E-state index contributed by atoms with van der Waals surface area (Å²) in [6, 6.07) is 12.3. The van der Waals surface area contributed by atoms with Gasteiger partial charge in [0.05, 0.1) is 10.6 Å². The quantitative estimate of drug-likeness (QED) is 0.745. The van der Waals surface area contributed by atoms with Gasteiger partial charge in [0.15, 0.2) is 5.13 Å². The third-order valence-electron chi connectivity index (χ3n) is 4.43. The zero-order chi connectivity index (χ0) is 17.2. The van der Waals surface area contributed by atoms with E-state index in [9.17, 15) is 4.79 Å². The van der Waals surface area contributed by atoms with E-state index in [1.165, 1.54) is 27.3 Å². The average Bonchev–Trinajstić information content (AvgIpc) is 3.25. The third-order valence-corrected chi connectivity index (χ3v) is 6.30. The largest absolute Gasteiger partial charge is 0.297 e. The van der Waals surface area contributed by atoms with E-state index in [1.54, 1.807) is 11.3 Å². The normalized spacial score (nSPS) is 14.3. The maximum Gasteiger partial charge on any atom is 0.267 e. The minimum absolute atomic E-state index is 0.0714. The van der Waals surface area contributed by atoms with Crippen molar-refractivity contribution in [3.05, 3.63) is 68.4 Å². The van der Waals surface area contributed by atoms with E-state index < -0.39 is 0 Å². The first-order valence-electron chi connectivity index (χ1n) is 8.29. The lowest BCUT2D eigenvalue weighted by molar-refractivity contribution is 0.103. The Balaban J connectivity index is 1.44. The minimum atomic E-state index is -0.0714. The Bertz CT molecular complexity index is 886. The van der Waals surface area contributed by atoms with Crippen molar-refractivity contribution in [1.29, 1.82) is 0 Å². The Labute approximate surface area is 155 Å². The molecule has 4 nitrogen and oxygen atoms in total. The Hall–Kier alpha value is -2.02. The molecule has 0 atom stereocenters. The molecule has 6 heteroatoms. The molecule has 3 heterocycles. The molecule has 0 fully saturated rings. The topological polar surface area (TPSA) is 45.2 Å². The summed E-state index contributed by atoms with van der Waals surface area (Å²) in [7, 11) is 0. The average molecular weight is 370 g/mol. The van der Waals surface area contributed by atoms with Gasteiger partial charge in [-0.3, -0.25) is 15.0 Å². The van der Waals surface area contributed by atoms with Crippen molar-refractivity contribution in [1.82, 2.24) is 9.88 Å². The van der Waals surface area contributed by atoms with Gasteiger partial charge in [-0.1, -0.05) is 30.3 Å². The molecule has 2 aromatic heterocycles. The molecule has 1 N–H and O–H groups in total. The van der Waals surface area contributed by atoms with Crippen LogP contribution in [-0.4, -0.2) is 22.3 Å². The molecule has 0 radical (unpaired) electrons. The van der Waals surface area contributed by atoms with E-state index in [0.29, 0.717) is 10.0 Å². The van der Waals surface area contributed by atoms with Gasteiger partial charge in [0, 0.05) is 30.9 Å². The maximum absolute atomic E-state index is 12.2. The van der Waals surface area contributed by atoms with Gasteiger partial charge in [0.25, 0.3) is 5.91 Å². The number of carbonyl (C=O) groups excluding carboxylic acids is 1. The first kappa shape index (κ1) is 16.4. The fraction of sp³-hybridized carbons (Fsp3) is 0.263. The molecular weight excluding hydrogens is 350 g/mol. The van der Waals surface area contributed by atoms with Crippen molar-refractivity contribution in [2.75, 3.05) is 11.9 Å². The fourth-order valence-electron chi connectivity index (χ4n) is 3.03. The molecule has 1 aliphatic heterocycles. The lowest BCUT2D eigenvalue weighted by atomic mass is 10.1. The number of anilines is 1. The standard InChI is InChI=1S/C19H19N3OS2/c1-13-5-2-3-6-14(13)11-22-9-8-15-17(12-22)25-19(20-15)21-18(23)16-7-4-10-24-16/h2-7,10H,8-9,11-12H2,1H3,(H,20,21,23). The molecule has 0 bridgehead atoms. The number of aryl methyl sites for hydroxylation is 1. The van der Waals surface area contributed by atoms with Crippen molar-refractivity contribution in [2.45, 2.75) is 26.4 Å². The number of carbonyl (C=O) groups is 1. The number of fused-ring (bicyclic) bond motifs is 1. The lowest BCUT2D eigenvalue weighted by Crippen LogP contribution is -2.29. The van der Waals surface area contributed by atoms with Crippen molar-refractivity contribution in [2.24, 2.45) is 0 Å². The van der Waals surface area contributed by atoms with Gasteiger partial charge in [-0.2, -0.15) is 0 Å². The number of thiophene rings is 1. The van der Waals surface area contributed by atoms with Crippen molar-refractivity contribution < 1.29 is 4.79 Å². The second-order valence-corrected chi connectivity index (χ2v) is 8.24. The third kappa shape index (κ3) is 3.66.